The van der Waals surface area contributed by atoms with Gasteiger partial charge in [0.05, 0.1) is 12.1 Å². The lowest BCUT2D eigenvalue weighted by Gasteiger charge is -2.12. The Morgan fingerprint density at radius 2 is 1.91 bits per heavy atom. The van der Waals surface area contributed by atoms with Crippen molar-refractivity contribution in [1.29, 1.82) is 0 Å². The highest BCUT2D eigenvalue weighted by Gasteiger charge is 2.33. The summed E-state index contributed by atoms with van der Waals surface area (Å²) >= 11 is 0. The van der Waals surface area contributed by atoms with Gasteiger partial charge in [0.25, 0.3) is 0 Å². The van der Waals surface area contributed by atoms with E-state index in [9.17, 15) is 13.2 Å². The molecule has 1 aliphatic carbocycles. The predicted octanol–water partition coefficient (Wildman–Crippen LogP) is 3.28. The molecule has 4 nitrogen and oxygen atoms in total. The van der Waals surface area contributed by atoms with Crippen LogP contribution in [0.4, 0.5) is 13.2 Å². The molecule has 1 aliphatic rings. The second-order valence-corrected chi connectivity index (χ2v) is 5.33. The van der Waals surface area contributed by atoms with E-state index < -0.39 is 11.7 Å². The van der Waals surface area contributed by atoms with Crippen molar-refractivity contribution >= 4 is 29.9 Å². The van der Waals surface area contributed by atoms with Crippen LogP contribution in [0.15, 0.2) is 29.3 Å². The molecule has 0 heterocycles. The normalized spacial score (nSPS) is 20.5. The van der Waals surface area contributed by atoms with Crippen molar-refractivity contribution in [2.45, 2.75) is 25.6 Å². The minimum Gasteiger partial charge on any atom is -0.492 e. The third-order valence-corrected chi connectivity index (χ3v) is 3.50. The lowest BCUT2D eigenvalue weighted by molar-refractivity contribution is -0.137. The van der Waals surface area contributed by atoms with Crippen molar-refractivity contribution < 1.29 is 17.9 Å². The molecule has 0 bridgehead atoms. The van der Waals surface area contributed by atoms with E-state index in [0.29, 0.717) is 36.8 Å². The first-order chi connectivity index (χ1) is 10.4. The van der Waals surface area contributed by atoms with Gasteiger partial charge in [0.1, 0.15) is 12.4 Å². The van der Waals surface area contributed by atoms with Crippen LogP contribution in [0.3, 0.4) is 0 Å². The van der Waals surface area contributed by atoms with Crippen molar-refractivity contribution in [3.63, 3.8) is 0 Å². The number of ether oxygens (including phenoxy) is 1. The molecule has 2 rings (SSSR count). The number of nitrogens with one attached hydrogen (secondary N) is 2. The Kier molecular flexibility index (Phi) is 7.43. The van der Waals surface area contributed by atoms with Crippen LogP contribution in [-0.4, -0.2) is 32.2 Å². The van der Waals surface area contributed by atoms with Crippen molar-refractivity contribution in [1.82, 2.24) is 10.6 Å². The number of halogens is 4. The van der Waals surface area contributed by atoms with Gasteiger partial charge in [0, 0.05) is 13.1 Å². The number of aliphatic imine (C=N–C) groups is 1. The number of guanidine groups is 1. The molecule has 130 valence electrons. The van der Waals surface area contributed by atoms with Crippen LogP contribution >= 0.6 is 24.0 Å². The van der Waals surface area contributed by atoms with Crippen LogP contribution in [0.5, 0.6) is 5.75 Å². The quantitative estimate of drug-likeness (QED) is 0.318. The molecule has 0 radical (unpaired) electrons. The number of alkyl halides is 3. The smallest absolute Gasteiger partial charge is 0.416 e. The second kappa shape index (κ2) is 8.60. The van der Waals surface area contributed by atoms with E-state index in [-0.39, 0.29) is 24.0 Å². The molecule has 1 fully saturated rings. The Morgan fingerprint density at radius 3 is 2.39 bits per heavy atom. The maximum absolute atomic E-state index is 12.4. The number of rotatable bonds is 5. The summed E-state index contributed by atoms with van der Waals surface area (Å²) in [6.07, 6.45) is -3.18. The van der Waals surface area contributed by atoms with Crippen molar-refractivity contribution in [3.8, 4) is 5.75 Å². The first-order valence-electron chi connectivity index (χ1n) is 7.17. The lowest BCUT2D eigenvalue weighted by Crippen LogP contribution is -2.40. The van der Waals surface area contributed by atoms with Gasteiger partial charge in [-0.25, -0.2) is 0 Å². The zero-order valence-corrected chi connectivity index (χ0v) is 15.3. The largest absolute Gasteiger partial charge is 0.492 e. The summed E-state index contributed by atoms with van der Waals surface area (Å²) in [5, 5.41) is 6.37. The number of hydrogen-bond donors (Lipinski definition) is 2. The average Bonchev–Trinajstić information content (AvgIpc) is 3.17. The molecular formula is C15H21F3IN3O. The van der Waals surface area contributed by atoms with E-state index in [1.54, 1.807) is 7.05 Å². The van der Waals surface area contributed by atoms with Gasteiger partial charge in [-0.15, -0.1) is 24.0 Å². The van der Waals surface area contributed by atoms with Crippen LogP contribution in [0.1, 0.15) is 18.9 Å². The molecule has 0 aromatic heterocycles. The van der Waals surface area contributed by atoms with Gasteiger partial charge in [-0.05, 0) is 36.6 Å². The van der Waals surface area contributed by atoms with Crippen LogP contribution < -0.4 is 15.4 Å². The standard InChI is InChI=1S/C15H20F3N3O.HI/c1-10-9-13(10)21-14(19-2)20-7-8-22-12-5-3-11(4-6-12)15(16,17)18;/h3-6,10,13H,7-9H2,1-2H3,(H2,19,20,21);1H. The molecule has 1 saturated carbocycles. The van der Waals surface area contributed by atoms with Gasteiger partial charge >= 0.3 is 6.18 Å². The topological polar surface area (TPSA) is 45.7 Å². The summed E-state index contributed by atoms with van der Waals surface area (Å²) in [7, 11) is 1.69. The first-order valence-corrected chi connectivity index (χ1v) is 7.17. The molecule has 1 aromatic carbocycles. The number of hydrogen-bond acceptors (Lipinski definition) is 2. The van der Waals surface area contributed by atoms with E-state index in [0.717, 1.165) is 18.6 Å². The van der Waals surface area contributed by atoms with Gasteiger partial charge in [-0.1, -0.05) is 6.92 Å². The molecule has 2 unspecified atom stereocenters. The molecule has 23 heavy (non-hydrogen) atoms. The van der Waals surface area contributed by atoms with Gasteiger partial charge in [-0.2, -0.15) is 13.2 Å². The molecule has 0 amide bonds. The van der Waals surface area contributed by atoms with Crippen LogP contribution in [0.25, 0.3) is 0 Å². The summed E-state index contributed by atoms with van der Waals surface area (Å²) in [4.78, 5) is 4.10. The van der Waals surface area contributed by atoms with E-state index in [2.05, 4.69) is 22.5 Å². The zero-order valence-electron chi connectivity index (χ0n) is 13.0. The summed E-state index contributed by atoms with van der Waals surface area (Å²) in [6, 6.07) is 5.14. The Morgan fingerprint density at radius 1 is 1.30 bits per heavy atom. The summed E-state index contributed by atoms with van der Waals surface area (Å²) in [5.41, 5.74) is -0.680. The molecule has 1 aromatic rings. The van der Waals surface area contributed by atoms with Crippen molar-refractivity contribution in [3.05, 3.63) is 29.8 Å². The fraction of sp³-hybridized carbons (Fsp3) is 0.533. The average molecular weight is 443 g/mol. The van der Waals surface area contributed by atoms with Gasteiger partial charge in [0.15, 0.2) is 5.96 Å². The molecule has 0 aliphatic heterocycles. The van der Waals surface area contributed by atoms with Crippen molar-refractivity contribution in [2.75, 3.05) is 20.2 Å². The molecule has 2 N–H and O–H groups in total. The third kappa shape index (κ3) is 6.44. The highest BCUT2D eigenvalue weighted by molar-refractivity contribution is 14.0. The molecule has 2 atom stereocenters. The Balaban J connectivity index is 0.00000264. The summed E-state index contributed by atoms with van der Waals surface area (Å²) in [5.74, 6) is 1.79. The second-order valence-electron chi connectivity index (χ2n) is 5.33. The Labute approximate surface area is 150 Å². The summed E-state index contributed by atoms with van der Waals surface area (Å²) < 4.78 is 42.7. The zero-order chi connectivity index (χ0) is 16.2. The third-order valence-electron chi connectivity index (χ3n) is 3.50. The van der Waals surface area contributed by atoms with E-state index in [1.165, 1.54) is 12.1 Å². The van der Waals surface area contributed by atoms with E-state index >= 15 is 0 Å². The molecule has 0 saturated heterocycles. The minimum atomic E-state index is -4.32. The SMILES string of the molecule is CN=C(NCCOc1ccc(C(F)(F)F)cc1)NC1CC1C.I. The summed E-state index contributed by atoms with van der Waals surface area (Å²) in [6.45, 7) is 3.02. The molecule has 8 heteroatoms. The van der Waals surface area contributed by atoms with Crippen LogP contribution in [0, 0.1) is 5.92 Å². The van der Waals surface area contributed by atoms with Gasteiger partial charge in [0.2, 0.25) is 0 Å². The monoisotopic (exact) mass is 443 g/mol. The highest BCUT2D eigenvalue weighted by atomic mass is 127. The van der Waals surface area contributed by atoms with E-state index in [4.69, 9.17) is 4.74 Å². The lowest BCUT2D eigenvalue weighted by atomic mass is 10.2. The first kappa shape index (κ1) is 19.9. The highest BCUT2D eigenvalue weighted by Crippen LogP contribution is 2.30. The van der Waals surface area contributed by atoms with Crippen molar-refractivity contribution in [2.24, 2.45) is 10.9 Å². The van der Waals surface area contributed by atoms with Crippen LogP contribution in [0.2, 0.25) is 0 Å². The Hall–Kier alpha value is -1.19. The number of benzene rings is 1. The number of nitrogens with zero attached hydrogens (tertiary/aromatic N) is 1. The van der Waals surface area contributed by atoms with Crippen LogP contribution in [-0.2, 0) is 6.18 Å². The molecular weight excluding hydrogens is 422 g/mol. The fourth-order valence-corrected chi connectivity index (χ4v) is 1.97. The predicted molar refractivity (Wildman–Crippen MR) is 94.4 cm³/mol. The molecule has 0 spiro atoms. The Bertz CT molecular complexity index is 520. The maximum atomic E-state index is 12.4. The minimum absolute atomic E-state index is 0. The fourth-order valence-electron chi connectivity index (χ4n) is 1.97. The van der Waals surface area contributed by atoms with Gasteiger partial charge in [-0.3, -0.25) is 4.99 Å². The maximum Gasteiger partial charge on any atom is 0.416 e. The van der Waals surface area contributed by atoms with Gasteiger partial charge < -0.3 is 15.4 Å². The van der Waals surface area contributed by atoms with E-state index in [1.807, 2.05) is 0 Å².